The minimum absolute atomic E-state index is 0.683. The van der Waals surface area contributed by atoms with Crippen LogP contribution in [0.1, 0.15) is 13.8 Å². The molecule has 0 nitrogen and oxygen atoms in total. The molecule has 0 aromatic rings. The average Bonchev–Trinajstić information content (AvgIpc) is 1.80. The average molecular weight is 226 g/mol. The zero-order chi connectivity index (χ0) is 6.85. The van der Waals surface area contributed by atoms with Gasteiger partial charge in [0.2, 0.25) is 0 Å². The number of hydrogen-bond donors (Lipinski definition) is 0. The van der Waals surface area contributed by atoms with Gasteiger partial charge in [0, 0.05) is 0 Å². The van der Waals surface area contributed by atoms with E-state index < -0.39 is 0 Å². The van der Waals surface area contributed by atoms with Gasteiger partial charge >= 0.3 is 0 Å². The van der Waals surface area contributed by atoms with Crippen molar-refractivity contribution in [3.05, 3.63) is 0 Å². The van der Waals surface area contributed by atoms with E-state index in [1.54, 1.807) is 0 Å². The van der Waals surface area contributed by atoms with Crippen LogP contribution in [0.15, 0.2) is 0 Å². The van der Waals surface area contributed by atoms with Crippen molar-refractivity contribution in [3.8, 4) is 0 Å². The van der Waals surface area contributed by atoms with Crippen molar-refractivity contribution in [2.45, 2.75) is 25.3 Å². The fraction of sp³-hybridized carbons (Fsp3) is 1.00. The molecule has 3 radical (unpaired) electrons. The summed E-state index contributed by atoms with van der Waals surface area (Å²) in [5.74, 6) is 0. The molecule has 0 saturated carbocycles. The molecule has 0 aliphatic carbocycles. The van der Waals surface area contributed by atoms with E-state index in [0.29, 0.717) is 5.72 Å². The summed E-state index contributed by atoms with van der Waals surface area (Å²) in [5.41, 5.74) is 1.42. The Morgan fingerprint density at radius 3 is 2.44 bits per heavy atom. The first-order valence-electron chi connectivity index (χ1n) is 3.37. The van der Waals surface area contributed by atoms with E-state index in [1.807, 2.05) is 0 Å². The van der Waals surface area contributed by atoms with Crippen LogP contribution in [0.3, 0.4) is 0 Å². The van der Waals surface area contributed by atoms with E-state index in [2.05, 4.69) is 57.7 Å². The van der Waals surface area contributed by atoms with Gasteiger partial charge < -0.3 is 0 Å². The Hall–Kier alpha value is 0.990. The smallest absolute Gasteiger partial charge is 0.161 e. The lowest BCUT2D eigenvalue weighted by Gasteiger charge is -2.24. The quantitative estimate of drug-likeness (QED) is 0.428. The molecule has 0 aromatic heterocycles. The minimum atomic E-state index is 0.683. The third-order valence-corrected chi connectivity index (χ3v) is 3.26. The molecule has 0 N–H and O–H groups in total. The van der Waals surface area contributed by atoms with Gasteiger partial charge in [0.25, 0.3) is 0 Å². The lowest BCUT2D eigenvalue weighted by Crippen LogP contribution is -2.38. The molecule has 1 aliphatic heterocycles. The second-order valence-electron chi connectivity index (χ2n) is 2.74. The highest BCUT2D eigenvalue weighted by atomic mass is 127. The standard InChI is InChI=1S/C4H8B4I/c1-3-5-6-4(2)8(9)7-3/h3-4H,1-2H3/t3-,4?/m1/s1. The van der Waals surface area contributed by atoms with E-state index >= 15 is 0 Å². The first-order valence-corrected chi connectivity index (χ1v) is 4.62. The van der Waals surface area contributed by atoms with Crippen LogP contribution in [0.25, 0.3) is 0 Å². The summed E-state index contributed by atoms with van der Waals surface area (Å²) in [6, 6.07) is 0. The van der Waals surface area contributed by atoms with Gasteiger partial charge in [-0.2, -0.15) is 22.4 Å². The molecule has 1 aliphatic rings. The zero-order valence-corrected chi connectivity index (χ0v) is 8.00. The summed E-state index contributed by atoms with van der Waals surface area (Å²) in [6.45, 7) is 4.49. The van der Waals surface area contributed by atoms with Gasteiger partial charge in [-0.25, -0.2) is 0 Å². The Kier molecular flexibility index (Phi) is 3.06. The van der Waals surface area contributed by atoms with Crippen LogP contribution in [0.5, 0.6) is 0 Å². The maximum atomic E-state index is 2.49. The van der Waals surface area contributed by atoms with E-state index in [4.69, 9.17) is 0 Å². The molecule has 0 spiro atoms. The Bertz CT molecular complexity index is 98.6. The Morgan fingerprint density at radius 2 is 2.00 bits per heavy atom. The number of rotatable bonds is 0. The van der Waals surface area contributed by atoms with Crippen molar-refractivity contribution in [2.75, 3.05) is 0 Å². The van der Waals surface area contributed by atoms with E-state index in [9.17, 15) is 0 Å². The Labute approximate surface area is 73.6 Å². The summed E-state index contributed by atoms with van der Waals surface area (Å²) in [6.07, 6.45) is 0. The number of hydrogen-bond acceptors (Lipinski definition) is 0. The summed E-state index contributed by atoms with van der Waals surface area (Å²) < 4.78 is 0.739. The molecule has 1 unspecified atom stereocenters. The molecule has 1 heterocycles. The molecule has 1 saturated heterocycles. The topological polar surface area (TPSA) is 0 Å². The van der Waals surface area contributed by atoms with Gasteiger partial charge in [-0.05, 0) is 0 Å². The van der Waals surface area contributed by atoms with E-state index in [-0.39, 0.29) is 0 Å². The van der Waals surface area contributed by atoms with Crippen LogP contribution in [0.2, 0.25) is 11.4 Å². The van der Waals surface area contributed by atoms with Gasteiger partial charge in [0.15, 0.2) is 4.46 Å². The Balaban J connectivity index is 2.35. The monoisotopic (exact) mass is 227 g/mol. The van der Waals surface area contributed by atoms with Crippen molar-refractivity contribution in [1.82, 2.24) is 0 Å². The van der Waals surface area contributed by atoms with Crippen molar-refractivity contribution in [3.63, 3.8) is 0 Å². The van der Waals surface area contributed by atoms with Crippen LogP contribution in [0.4, 0.5) is 0 Å². The summed E-state index contributed by atoms with van der Waals surface area (Å²) in [7, 11) is 6.98. The highest BCUT2D eigenvalue weighted by molar-refractivity contribution is 14.1. The Morgan fingerprint density at radius 1 is 1.33 bits per heavy atom. The maximum Gasteiger partial charge on any atom is 0.171 e. The van der Waals surface area contributed by atoms with Crippen molar-refractivity contribution >= 4 is 48.3 Å². The molecular weight excluding hydrogens is 218 g/mol. The molecule has 0 bridgehead atoms. The highest BCUT2D eigenvalue weighted by Crippen LogP contribution is 2.21. The summed E-state index contributed by atoms with van der Waals surface area (Å²) in [4.78, 5) is 0. The summed E-state index contributed by atoms with van der Waals surface area (Å²) >= 11 is 2.49. The fourth-order valence-corrected chi connectivity index (χ4v) is 1.88. The second-order valence-corrected chi connectivity index (χ2v) is 4.18. The van der Waals surface area contributed by atoms with Crippen LogP contribution in [-0.4, -0.2) is 26.0 Å². The van der Waals surface area contributed by atoms with Crippen molar-refractivity contribution in [2.24, 2.45) is 0 Å². The zero-order valence-electron chi connectivity index (χ0n) is 5.84. The second kappa shape index (κ2) is 3.40. The summed E-state index contributed by atoms with van der Waals surface area (Å²) in [5, 5.41) is 0. The molecule has 2 atom stereocenters. The predicted molar refractivity (Wildman–Crippen MR) is 55.9 cm³/mol. The fourth-order valence-electron chi connectivity index (χ4n) is 0.986. The predicted octanol–water partition coefficient (Wildman–Crippen LogP) is 1.06. The van der Waals surface area contributed by atoms with Gasteiger partial charge in [-0.1, -0.05) is 19.6 Å². The lowest BCUT2D eigenvalue weighted by molar-refractivity contribution is 1.29. The molecule has 9 heavy (non-hydrogen) atoms. The first-order chi connectivity index (χ1) is 4.20. The molecule has 0 aromatic carbocycles. The SMILES string of the molecule is CC1[B][B][C@@H](C)[B]B1I. The largest absolute Gasteiger partial charge is 0.171 e. The minimum Gasteiger partial charge on any atom is -0.161 e. The van der Waals surface area contributed by atoms with Gasteiger partial charge in [0.1, 0.15) is 0 Å². The maximum absolute atomic E-state index is 2.49. The molecule has 0 amide bonds. The highest BCUT2D eigenvalue weighted by Gasteiger charge is 2.27. The molecule has 43 valence electrons. The van der Waals surface area contributed by atoms with E-state index in [1.165, 1.54) is 0 Å². The van der Waals surface area contributed by atoms with Gasteiger partial charge in [0.05, 0.1) is 21.5 Å². The molecular formula is C4H8B4I. The lowest BCUT2D eigenvalue weighted by atomic mass is 9.05. The molecule has 5 heteroatoms. The van der Waals surface area contributed by atoms with E-state index in [0.717, 1.165) is 10.2 Å². The third-order valence-electron chi connectivity index (χ3n) is 1.71. The van der Waals surface area contributed by atoms with Crippen LogP contribution < -0.4 is 0 Å². The third kappa shape index (κ3) is 2.24. The van der Waals surface area contributed by atoms with Gasteiger partial charge in [-0.3, -0.25) is 0 Å². The van der Waals surface area contributed by atoms with Crippen LogP contribution >= 0.6 is 22.4 Å². The van der Waals surface area contributed by atoms with Crippen molar-refractivity contribution in [1.29, 1.82) is 0 Å². The van der Waals surface area contributed by atoms with Gasteiger partial charge in [-0.15, -0.1) is 5.72 Å². The first kappa shape index (κ1) is 8.09. The molecule has 1 fully saturated rings. The normalized spacial score (nSPS) is 34.3. The van der Waals surface area contributed by atoms with Crippen LogP contribution in [-0.2, 0) is 0 Å². The van der Waals surface area contributed by atoms with Crippen molar-refractivity contribution < 1.29 is 0 Å². The molecule has 1 rings (SSSR count). The number of halogens is 1. The van der Waals surface area contributed by atoms with Crippen LogP contribution in [0, 0.1) is 0 Å².